The van der Waals surface area contributed by atoms with Gasteiger partial charge in [-0.15, -0.1) is 0 Å². The Hall–Kier alpha value is -2.24. The van der Waals surface area contributed by atoms with Gasteiger partial charge in [0, 0.05) is 6.07 Å². The van der Waals surface area contributed by atoms with Gasteiger partial charge < -0.3 is 11.1 Å². The van der Waals surface area contributed by atoms with E-state index in [1.807, 2.05) is 0 Å². The average Bonchev–Trinajstić information content (AvgIpc) is 2.19. The lowest BCUT2D eigenvalue weighted by Crippen LogP contribution is -1.97. The van der Waals surface area contributed by atoms with Crippen LogP contribution in [0.3, 0.4) is 0 Å². The first-order valence-electron chi connectivity index (χ1n) is 3.94. The zero-order valence-corrected chi connectivity index (χ0v) is 7.25. The Bertz CT molecular complexity index is 415. The molecule has 2 aromatic rings. The third-order valence-electron chi connectivity index (χ3n) is 1.52. The minimum absolute atomic E-state index is 0.416. The zero-order chi connectivity index (χ0) is 9.80. The van der Waals surface area contributed by atoms with E-state index in [1.54, 1.807) is 18.5 Å². The SMILES string of the molecule is Nc1cc(Nc2cncnc2)ncn1. The molecule has 14 heavy (non-hydrogen) atoms. The molecular weight excluding hydrogens is 180 g/mol. The highest BCUT2D eigenvalue weighted by Gasteiger charge is 1.96. The summed E-state index contributed by atoms with van der Waals surface area (Å²) in [6.45, 7) is 0. The van der Waals surface area contributed by atoms with Crippen LogP contribution in [0, 0.1) is 0 Å². The van der Waals surface area contributed by atoms with Gasteiger partial charge >= 0.3 is 0 Å². The molecule has 3 N–H and O–H groups in total. The van der Waals surface area contributed by atoms with Crippen LogP contribution in [0.25, 0.3) is 0 Å². The summed E-state index contributed by atoms with van der Waals surface area (Å²) in [6, 6.07) is 1.63. The van der Waals surface area contributed by atoms with E-state index in [0.29, 0.717) is 11.6 Å². The summed E-state index contributed by atoms with van der Waals surface area (Å²) < 4.78 is 0. The molecule has 0 aliphatic rings. The van der Waals surface area contributed by atoms with Gasteiger partial charge in [-0.25, -0.2) is 19.9 Å². The standard InChI is InChI=1S/C8H8N6/c9-7-1-8(13-5-12-7)14-6-2-10-4-11-3-6/h1-5H,(H3,9,12,13,14). The maximum absolute atomic E-state index is 5.49. The van der Waals surface area contributed by atoms with E-state index >= 15 is 0 Å². The van der Waals surface area contributed by atoms with E-state index in [4.69, 9.17) is 5.73 Å². The van der Waals surface area contributed by atoms with Crippen molar-refractivity contribution in [2.24, 2.45) is 0 Å². The molecule has 6 nitrogen and oxygen atoms in total. The van der Waals surface area contributed by atoms with Crippen molar-refractivity contribution in [3.63, 3.8) is 0 Å². The van der Waals surface area contributed by atoms with Gasteiger partial charge in [-0.3, -0.25) is 0 Å². The van der Waals surface area contributed by atoms with Gasteiger partial charge in [0.2, 0.25) is 0 Å². The molecule has 70 valence electrons. The molecule has 0 unspecified atom stereocenters. The minimum Gasteiger partial charge on any atom is -0.384 e. The second-order valence-electron chi connectivity index (χ2n) is 2.58. The number of nitrogens with zero attached hydrogens (tertiary/aromatic N) is 4. The summed E-state index contributed by atoms with van der Waals surface area (Å²) in [4.78, 5) is 15.5. The predicted molar refractivity (Wildman–Crippen MR) is 51.8 cm³/mol. The normalized spacial score (nSPS) is 9.71. The van der Waals surface area contributed by atoms with Gasteiger partial charge in [-0.2, -0.15) is 0 Å². The summed E-state index contributed by atoms with van der Waals surface area (Å²) in [7, 11) is 0. The van der Waals surface area contributed by atoms with Gasteiger partial charge in [0.1, 0.15) is 24.3 Å². The number of nitrogen functional groups attached to an aromatic ring is 1. The molecule has 2 aromatic heterocycles. The monoisotopic (exact) mass is 188 g/mol. The Morgan fingerprint density at radius 3 is 2.57 bits per heavy atom. The molecule has 0 bridgehead atoms. The van der Waals surface area contributed by atoms with E-state index in [9.17, 15) is 0 Å². The molecule has 0 spiro atoms. The predicted octanol–water partition coefficient (Wildman–Crippen LogP) is 0.592. The molecule has 2 rings (SSSR count). The molecule has 0 aromatic carbocycles. The summed E-state index contributed by atoms with van der Waals surface area (Å²) in [5.41, 5.74) is 6.25. The van der Waals surface area contributed by atoms with Crippen LogP contribution in [0.5, 0.6) is 0 Å². The van der Waals surface area contributed by atoms with Crippen LogP contribution >= 0.6 is 0 Å². The van der Waals surface area contributed by atoms with E-state index in [1.165, 1.54) is 12.7 Å². The Kier molecular flexibility index (Phi) is 2.18. The second-order valence-corrected chi connectivity index (χ2v) is 2.58. The highest BCUT2D eigenvalue weighted by molar-refractivity contribution is 5.55. The first kappa shape index (κ1) is 8.36. The quantitative estimate of drug-likeness (QED) is 0.717. The fraction of sp³-hybridized carbons (Fsp3) is 0. The summed E-state index contributed by atoms with van der Waals surface area (Å²) in [5.74, 6) is 1.03. The Morgan fingerprint density at radius 2 is 1.86 bits per heavy atom. The molecule has 2 heterocycles. The Balaban J connectivity index is 2.19. The van der Waals surface area contributed by atoms with Crippen LogP contribution in [-0.4, -0.2) is 19.9 Å². The molecule has 0 saturated heterocycles. The number of rotatable bonds is 2. The molecule has 0 aliphatic heterocycles. The van der Waals surface area contributed by atoms with Crippen LogP contribution in [0.2, 0.25) is 0 Å². The van der Waals surface area contributed by atoms with Crippen molar-refractivity contribution < 1.29 is 0 Å². The number of hydrogen-bond donors (Lipinski definition) is 2. The number of nitrogens with two attached hydrogens (primary N) is 1. The first-order chi connectivity index (χ1) is 6.84. The first-order valence-corrected chi connectivity index (χ1v) is 3.94. The molecule has 0 atom stereocenters. The maximum Gasteiger partial charge on any atom is 0.135 e. The van der Waals surface area contributed by atoms with Gasteiger partial charge in [0.25, 0.3) is 0 Å². The van der Waals surface area contributed by atoms with Crippen molar-refractivity contribution in [2.45, 2.75) is 0 Å². The minimum atomic E-state index is 0.416. The molecule has 0 aliphatic carbocycles. The molecule has 0 amide bonds. The third kappa shape index (κ3) is 1.92. The lowest BCUT2D eigenvalue weighted by molar-refractivity contribution is 1.14. The fourth-order valence-corrected chi connectivity index (χ4v) is 0.952. The van der Waals surface area contributed by atoms with Gasteiger partial charge in [-0.05, 0) is 0 Å². The molecule has 0 fully saturated rings. The van der Waals surface area contributed by atoms with E-state index in [-0.39, 0.29) is 0 Å². The number of hydrogen-bond acceptors (Lipinski definition) is 6. The third-order valence-corrected chi connectivity index (χ3v) is 1.52. The van der Waals surface area contributed by atoms with E-state index in [0.717, 1.165) is 5.69 Å². The number of aromatic nitrogens is 4. The summed E-state index contributed by atoms with van der Waals surface area (Å²) in [6.07, 6.45) is 6.14. The molecule has 0 saturated carbocycles. The Morgan fingerprint density at radius 1 is 1.07 bits per heavy atom. The van der Waals surface area contributed by atoms with Crippen LogP contribution in [0.1, 0.15) is 0 Å². The lowest BCUT2D eigenvalue weighted by atomic mass is 10.5. The Labute approximate surface area is 80.3 Å². The van der Waals surface area contributed by atoms with Gasteiger partial charge in [0.05, 0.1) is 18.1 Å². The van der Waals surface area contributed by atoms with E-state index < -0.39 is 0 Å². The van der Waals surface area contributed by atoms with Crippen molar-refractivity contribution in [2.75, 3.05) is 11.1 Å². The largest absolute Gasteiger partial charge is 0.384 e. The van der Waals surface area contributed by atoms with Crippen LogP contribution < -0.4 is 11.1 Å². The highest BCUT2D eigenvalue weighted by Crippen LogP contribution is 2.11. The smallest absolute Gasteiger partial charge is 0.135 e. The molecular formula is C8H8N6. The lowest BCUT2D eigenvalue weighted by Gasteiger charge is -2.03. The van der Waals surface area contributed by atoms with E-state index in [2.05, 4.69) is 25.3 Å². The van der Waals surface area contributed by atoms with Crippen molar-refractivity contribution in [1.29, 1.82) is 0 Å². The summed E-state index contributed by atoms with van der Waals surface area (Å²) >= 11 is 0. The molecule has 6 heteroatoms. The number of anilines is 3. The van der Waals surface area contributed by atoms with Crippen molar-refractivity contribution >= 4 is 17.3 Å². The fourth-order valence-electron chi connectivity index (χ4n) is 0.952. The highest BCUT2D eigenvalue weighted by atomic mass is 15.0. The molecule has 0 radical (unpaired) electrons. The van der Waals surface area contributed by atoms with Crippen molar-refractivity contribution in [1.82, 2.24) is 19.9 Å². The number of nitrogens with one attached hydrogen (secondary N) is 1. The maximum atomic E-state index is 5.49. The average molecular weight is 188 g/mol. The second kappa shape index (κ2) is 3.65. The topological polar surface area (TPSA) is 89.6 Å². The van der Waals surface area contributed by atoms with Gasteiger partial charge in [-0.1, -0.05) is 0 Å². The van der Waals surface area contributed by atoms with Crippen molar-refractivity contribution in [3.05, 3.63) is 31.1 Å². The van der Waals surface area contributed by atoms with Gasteiger partial charge in [0.15, 0.2) is 0 Å². The van der Waals surface area contributed by atoms with Crippen LogP contribution in [0.15, 0.2) is 31.1 Å². The zero-order valence-electron chi connectivity index (χ0n) is 7.25. The van der Waals surface area contributed by atoms with Crippen LogP contribution in [-0.2, 0) is 0 Å². The summed E-state index contributed by atoms with van der Waals surface area (Å²) in [5, 5.41) is 2.99. The van der Waals surface area contributed by atoms with Crippen LogP contribution in [0.4, 0.5) is 17.3 Å². The van der Waals surface area contributed by atoms with Crippen molar-refractivity contribution in [3.8, 4) is 0 Å².